The molecule has 140 valence electrons. The number of hydrogen-bond acceptors (Lipinski definition) is 6. The van der Waals surface area contributed by atoms with Gasteiger partial charge in [0.1, 0.15) is 23.1 Å². The summed E-state index contributed by atoms with van der Waals surface area (Å²) in [6, 6.07) is 15.4. The zero-order valence-electron chi connectivity index (χ0n) is 14.8. The first-order chi connectivity index (χ1) is 13.5. The van der Waals surface area contributed by atoms with E-state index in [0.29, 0.717) is 22.7 Å². The highest BCUT2D eigenvalue weighted by atomic mass is 32.1. The summed E-state index contributed by atoms with van der Waals surface area (Å²) in [5.74, 6) is -0.146. The van der Waals surface area contributed by atoms with E-state index in [2.05, 4.69) is 5.32 Å². The number of carbonyl (C=O) groups excluding carboxylic acids is 2. The summed E-state index contributed by atoms with van der Waals surface area (Å²) in [6.45, 7) is -0.150. The lowest BCUT2D eigenvalue weighted by Gasteiger charge is -2.29. The molecule has 0 bridgehead atoms. The number of carbonyl (C=O) groups is 2. The van der Waals surface area contributed by atoms with Crippen LogP contribution >= 0.6 is 12.2 Å². The van der Waals surface area contributed by atoms with Gasteiger partial charge in [0, 0.05) is 5.56 Å². The van der Waals surface area contributed by atoms with Crippen molar-refractivity contribution in [1.29, 1.82) is 5.26 Å². The summed E-state index contributed by atoms with van der Waals surface area (Å²) in [5.41, 5.74) is 0.895. The first-order valence-corrected chi connectivity index (χ1v) is 8.60. The summed E-state index contributed by atoms with van der Waals surface area (Å²) >= 11 is 5.18. The fourth-order valence-corrected chi connectivity index (χ4v) is 2.90. The molecule has 1 N–H and O–H groups in total. The second kappa shape index (κ2) is 8.33. The summed E-state index contributed by atoms with van der Waals surface area (Å²) in [6.07, 6.45) is 1.42. The average Bonchev–Trinajstić information content (AvgIpc) is 2.70. The van der Waals surface area contributed by atoms with Crippen LogP contribution in [0.1, 0.15) is 5.56 Å². The number of nitriles is 1. The van der Waals surface area contributed by atoms with Gasteiger partial charge in [0.05, 0.1) is 12.8 Å². The molecule has 1 aliphatic heterocycles. The fourth-order valence-electron chi connectivity index (χ4n) is 2.62. The Bertz CT molecular complexity index is 1010. The van der Waals surface area contributed by atoms with Crippen molar-refractivity contribution in [2.75, 3.05) is 18.6 Å². The van der Waals surface area contributed by atoms with Gasteiger partial charge in [-0.3, -0.25) is 19.8 Å². The molecule has 0 radical (unpaired) electrons. The first kappa shape index (κ1) is 19.1. The molecule has 0 unspecified atom stereocenters. The van der Waals surface area contributed by atoms with E-state index in [1.807, 2.05) is 6.07 Å². The Morgan fingerprint density at radius 2 is 1.89 bits per heavy atom. The maximum absolute atomic E-state index is 13.0. The number of ether oxygens (including phenoxy) is 2. The lowest BCUT2D eigenvalue weighted by molar-refractivity contribution is -0.122. The van der Waals surface area contributed by atoms with Crippen molar-refractivity contribution in [3.63, 3.8) is 0 Å². The highest BCUT2D eigenvalue weighted by Gasteiger charge is 2.34. The van der Waals surface area contributed by atoms with Crippen LogP contribution in [0.3, 0.4) is 0 Å². The Kier molecular flexibility index (Phi) is 5.67. The molecule has 0 saturated carbocycles. The second-order valence-corrected chi connectivity index (χ2v) is 6.03. The van der Waals surface area contributed by atoms with Crippen LogP contribution < -0.4 is 19.7 Å². The molecular formula is C20H15N3O4S. The Morgan fingerprint density at radius 1 is 1.18 bits per heavy atom. The van der Waals surface area contributed by atoms with E-state index in [0.717, 1.165) is 0 Å². The van der Waals surface area contributed by atoms with Gasteiger partial charge >= 0.3 is 0 Å². The van der Waals surface area contributed by atoms with E-state index in [4.69, 9.17) is 27.0 Å². The SMILES string of the molecule is COc1ccc(N2C(=O)/C(=C/c3ccccc3OCC#N)C(=O)NC2=S)cc1. The van der Waals surface area contributed by atoms with Crippen molar-refractivity contribution >= 4 is 40.9 Å². The number of amides is 2. The predicted molar refractivity (Wildman–Crippen MR) is 107 cm³/mol. The van der Waals surface area contributed by atoms with E-state index >= 15 is 0 Å². The van der Waals surface area contributed by atoms with Crippen LogP contribution in [0.25, 0.3) is 6.08 Å². The highest BCUT2D eigenvalue weighted by Crippen LogP contribution is 2.26. The number of anilines is 1. The summed E-state index contributed by atoms with van der Waals surface area (Å²) in [7, 11) is 1.54. The third-order valence-corrected chi connectivity index (χ3v) is 4.23. The van der Waals surface area contributed by atoms with Gasteiger partial charge in [0.25, 0.3) is 11.8 Å². The standard InChI is InChI=1S/C20H15N3O4S/c1-26-15-8-6-14(7-9-15)23-19(25)16(18(24)22-20(23)28)12-13-4-2-3-5-17(13)27-11-10-21/h2-9,12H,11H2,1H3,(H,22,24,28)/b16-12+. The molecule has 28 heavy (non-hydrogen) atoms. The van der Waals surface area contributed by atoms with Gasteiger partial charge in [-0.25, -0.2) is 0 Å². The fraction of sp³-hybridized carbons (Fsp3) is 0.100. The first-order valence-electron chi connectivity index (χ1n) is 8.19. The van der Waals surface area contributed by atoms with Crippen LogP contribution in [0.2, 0.25) is 0 Å². The van der Waals surface area contributed by atoms with Crippen molar-refractivity contribution in [3.8, 4) is 17.6 Å². The molecule has 2 amide bonds. The van der Waals surface area contributed by atoms with Crippen LogP contribution in [0.5, 0.6) is 11.5 Å². The number of benzene rings is 2. The van der Waals surface area contributed by atoms with Crippen LogP contribution in [0, 0.1) is 11.3 Å². The van der Waals surface area contributed by atoms with Gasteiger partial charge in [-0.1, -0.05) is 18.2 Å². The van der Waals surface area contributed by atoms with E-state index in [1.54, 1.807) is 55.6 Å². The van der Waals surface area contributed by atoms with Crippen molar-refractivity contribution in [2.45, 2.75) is 0 Å². The lowest BCUT2D eigenvalue weighted by Crippen LogP contribution is -2.54. The molecule has 1 saturated heterocycles. The highest BCUT2D eigenvalue weighted by molar-refractivity contribution is 7.80. The number of thiocarbonyl (C=S) groups is 1. The number of nitrogens with zero attached hydrogens (tertiary/aromatic N) is 2. The molecule has 0 atom stereocenters. The Hall–Kier alpha value is -3.70. The maximum Gasteiger partial charge on any atom is 0.270 e. The minimum atomic E-state index is -0.602. The van der Waals surface area contributed by atoms with E-state index in [9.17, 15) is 9.59 Å². The van der Waals surface area contributed by atoms with Crippen molar-refractivity contribution in [1.82, 2.24) is 5.32 Å². The zero-order valence-corrected chi connectivity index (χ0v) is 15.7. The average molecular weight is 393 g/mol. The Labute approximate surface area is 166 Å². The molecule has 0 aliphatic carbocycles. The molecule has 0 aromatic heterocycles. The number of rotatable bonds is 5. The summed E-state index contributed by atoms with van der Waals surface area (Å²) in [4.78, 5) is 26.6. The number of methoxy groups -OCH3 is 1. The molecule has 2 aromatic carbocycles. The number of para-hydroxylation sites is 1. The number of nitrogens with one attached hydrogen (secondary N) is 1. The van der Waals surface area contributed by atoms with Gasteiger partial charge < -0.3 is 9.47 Å². The molecule has 1 heterocycles. The van der Waals surface area contributed by atoms with E-state index in [-0.39, 0.29) is 17.3 Å². The zero-order chi connectivity index (χ0) is 20.1. The third kappa shape index (κ3) is 3.84. The normalized spacial score (nSPS) is 15.2. The van der Waals surface area contributed by atoms with Crippen LogP contribution in [-0.4, -0.2) is 30.6 Å². The topological polar surface area (TPSA) is 91.7 Å². The molecule has 1 aliphatic rings. The predicted octanol–water partition coefficient (Wildman–Crippen LogP) is 2.43. The van der Waals surface area contributed by atoms with Crippen LogP contribution in [0.15, 0.2) is 54.1 Å². The molecule has 0 spiro atoms. The molecule has 1 fully saturated rings. The number of hydrogen-bond donors (Lipinski definition) is 1. The Morgan fingerprint density at radius 3 is 2.57 bits per heavy atom. The summed E-state index contributed by atoms with van der Waals surface area (Å²) in [5, 5.41) is 11.2. The molecule has 3 rings (SSSR count). The van der Waals surface area contributed by atoms with Gasteiger partial charge in [0.2, 0.25) is 0 Å². The minimum absolute atomic E-state index is 0.00803. The molecular weight excluding hydrogens is 378 g/mol. The lowest BCUT2D eigenvalue weighted by atomic mass is 10.1. The van der Waals surface area contributed by atoms with Gasteiger partial charge in [-0.2, -0.15) is 5.26 Å². The van der Waals surface area contributed by atoms with Gasteiger partial charge in [-0.05, 0) is 48.6 Å². The molecule has 2 aromatic rings. The van der Waals surface area contributed by atoms with Crippen molar-refractivity contribution in [3.05, 3.63) is 59.7 Å². The van der Waals surface area contributed by atoms with Crippen LogP contribution in [-0.2, 0) is 9.59 Å². The summed E-state index contributed by atoms with van der Waals surface area (Å²) < 4.78 is 10.5. The van der Waals surface area contributed by atoms with Gasteiger partial charge in [0.15, 0.2) is 11.7 Å². The maximum atomic E-state index is 13.0. The van der Waals surface area contributed by atoms with Crippen molar-refractivity contribution in [2.24, 2.45) is 0 Å². The smallest absolute Gasteiger partial charge is 0.270 e. The molecule has 7 nitrogen and oxygen atoms in total. The van der Waals surface area contributed by atoms with E-state index < -0.39 is 11.8 Å². The van der Waals surface area contributed by atoms with E-state index in [1.165, 1.54) is 11.0 Å². The minimum Gasteiger partial charge on any atom is -0.497 e. The quantitative estimate of drug-likeness (QED) is 0.477. The van der Waals surface area contributed by atoms with Gasteiger partial charge in [-0.15, -0.1) is 0 Å². The molecule has 8 heteroatoms. The van der Waals surface area contributed by atoms with Crippen LogP contribution in [0.4, 0.5) is 5.69 Å². The largest absolute Gasteiger partial charge is 0.497 e. The third-order valence-electron chi connectivity index (χ3n) is 3.94. The Balaban J connectivity index is 1.98. The second-order valence-electron chi connectivity index (χ2n) is 5.64. The van der Waals surface area contributed by atoms with Crippen molar-refractivity contribution < 1.29 is 19.1 Å². The monoisotopic (exact) mass is 393 g/mol.